The van der Waals surface area contributed by atoms with Crippen molar-refractivity contribution in [2.75, 3.05) is 26.2 Å². The molecule has 1 saturated heterocycles. The zero-order valence-electron chi connectivity index (χ0n) is 9.26. The van der Waals surface area contributed by atoms with Crippen LogP contribution in [0.5, 0.6) is 0 Å². The van der Waals surface area contributed by atoms with Crippen LogP contribution in [0.3, 0.4) is 0 Å². The van der Waals surface area contributed by atoms with Gasteiger partial charge in [-0.3, -0.25) is 4.90 Å². The molecule has 0 aromatic heterocycles. The van der Waals surface area contributed by atoms with Crippen LogP contribution in [0.1, 0.15) is 5.56 Å². The third-order valence-electron chi connectivity index (χ3n) is 2.67. The van der Waals surface area contributed by atoms with Crippen LogP contribution in [-0.4, -0.2) is 37.2 Å². The van der Waals surface area contributed by atoms with E-state index in [9.17, 15) is 4.79 Å². The number of hydrogen-bond acceptors (Lipinski definition) is 2. The van der Waals surface area contributed by atoms with E-state index in [1.165, 1.54) is 0 Å². The maximum Gasteiger partial charge on any atom is 0.410 e. The van der Waals surface area contributed by atoms with Gasteiger partial charge in [0.25, 0.3) is 0 Å². The van der Waals surface area contributed by atoms with E-state index in [4.69, 9.17) is 4.74 Å². The molecule has 1 aliphatic heterocycles. The number of ether oxygens (including phenoxy) is 1. The first-order chi connectivity index (χ1) is 7.86. The van der Waals surface area contributed by atoms with Crippen molar-refractivity contribution >= 4 is 6.09 Å². The first-order valence-corrected chi connectivity index (χ1v) is 5.63. The lowest BCUT2D eigenvalue weighted by atomic mass is 10.2. The van der Waals surface area contributed by atoms with Crippen LogP contribution in [0.4, 0.5) is 4.79 Å². The Morgan fingerprint density at radius 3 is 2.62 bits per heavy atom. The molecule has 1 aliphatic rings. The maximum absolute atomic E-state index is 11.7. The molecule has 1 heterocycles. The van der Waals surface area contributed by atoms with Crippen molar-refractivity contribution < 1.29 is 14.8 Å². The molecule has 0 unspecified atom stereocenters. The second-order valence-electron chi connectivity index (χ2n) is 3.89. The summed E-state index contributed by atoms with van der Waals surface area (Å²) in [6.45, 7) is 3.88. The Labute approximate surface area is 95.2 Å². The number of carbonyl (C=O) groups excluding carboxylic acids is 1. The highest BCUT2D eigenvalue weighted by molar-refractivity contribution is 5.67. The lowest BCUT2D eigenvalue weighted by molar-refractivity contribution is -0.662. The second-order valence-corrected chi connectivity index (χ2v) is 3.89. The van der Waals surface area contributed by atoms with Crippen LogP contribution >= 0.6 is 0 Å². The van der Waals surface area contributed by atoms with Gasteiger partial charge in [0.1, 0.15) is 6.61 Å². The monoisotopic (exact) mass is 221 g/mol. The normalized spacial score (nSPS) is 15.9. The number of amides is 1. The molecule has 0 spiro atoms. The van der Waals surface area contributed by atoms with E-state index in [0.29, 0.717) is 6.61 Å². The van der Waals surface area contributed by atoms with Crippen LogP contribution in [-0.2, 0) is 11.3 Å². The van der Waals surface area contributed by atoms with Crippen LogP contribution in [0, 0.1) is 0 Å². The summed E-state index contributed by atoms with van der Waals surface area (Å²) in [5.41, 5.74) is 1.03. The summed E-state index contributed by atoms with van der Waals surface area (Å²) in [5.74, 6) is 0. The minimum Gasteiger partial charge on any atom is -0.445 e. The Hall–Kier alpha value is -1.55. The summed E-state index contributed by atoms with van der Waals surface area (Å²) in [6.07, 6.45) is -0.197. The Balaban J connectivity index is 1.79. The number of quaternary nitrogens is 1. The molecule has 1 amide bonds. The van der Waals surface area contributed by atoms with Gasteiger partial charge in [0.15, 0.2) is 0 Å². The molecule has 1 aromatic rings. The Kier molecular flexibility index (Phi) is 3.77. The van der Waals surface area contributed by atoms with Crippen LogP contribution in [0.2, 0.25) is 0 Å². The number of carbonyl (C=O) groups is 1. The van der Waals surface area contributed by atoms with Gasteiger partial charge in [0.05, 0.1) is 26.2 Å². The fourth-order valence-corrected chi connectivity index (χ4v) is 1.74. The van der Waals surface area contributed by atoms with E-state index in [-0.39, 0.29) is 6.09 Å². The van der Waals surface area contributed by atoms with Gasteiger partial charge in [-0.05, 0) is 5.56 Å². The molecule has 0 radical (unpaired) electrons. The zero-order valence-corrected chi connectivity index (χ0v) is 9.26. The number of piperazine rings is 1. The molecule has 2 N–H and O–H groups in total. The quantitative estimate of drug-likeness (QED) is 0.775. The maximum atomic E-state index is 11.7. The van der Waals surface area contributed by atoms with Gasteiger partial charge < -0.3 is 10.1 Å². The van der Waals surface area contributed by atoms with Gasteiger partial charge in [-0.25, -0.2) is 4.79 Å². The highest BCUT2D eigenvalue weighted by atomic mass is 16.6. The molecule has 0 aliphatic carbocycles. The predicted molar refractivity (Wildman–Crippen MR) is 59.9 cm³/mol. The van der Waals surface area contributed by atoms with Crippen LogP contribution < -0.4 is 5.32 Å². The molecular weight excluding hydrogens is 204 g/mol. The van der Waals surface area contributed by atoms with Gasteiger partial charge in [-0.2, -0.15) is 0 Å². The van der Waals surface area contributed by atoms with E-state index in [1.807, 2.05) is 30.3 Å². The third kappa shape index (κ3) is 2.97. The highest BCUT2D eigenvalue weighted by Gasteiger charge is 2.18. The van der Waals surface area contributed by atoms with E-state index < -0.39 is 0 Å². The molecule has 0 atom stereocenters. The standard InChI is InChI=1S/C12H16N2O2/c15-12(14-8-6-13-7-9-14)16-10-11-4-2-1-3-5-11/h1-5,13H,6-10H2/p+1. The Bertz CT molecular complexity index is 334. The van der Waals surface area contributed by atoms with Crippen molar-refractivity contribution in [3.63, 3.8) is 0 Å². The molecule has 2 rings (SSSR count). The van der Waals surface area contributed by atoms with Crippen molar-refractivity contribution in [2.45, 2.75) is 6.61 Å². The van der Waals surface area contributed by atoms with Gasteiger partial charge in [-0.1, -0.05) is 30.3 Å². The summed E-state index contributed by atoms with van der Waals surface area (Å²) in [7, 11) is 0. The predicted octanol–water partition coefficient (Wildman–Crippen LogP) is 0.202. The molecule has 86 valence electrons. The topological polar surface area (TPSA) is 46.1 Å². The molecule has 16 heavy (non-hydrogen) atoms. The minimum absolute atomic E-state index is 0.197. The van der Waals surface area contributed by atoms with E-state index in [1.54, 1.807) is 4.90 Å². The van der Waals surface area contributed by atoms with E-state index >= 15 is 0 Å². The van der Waals surface area contributed by atoms with Crippen molar-refractivity contribution in [3.05, 3.63) is 35.9 Å². The smallest absolute Gasteiger partial charge is 0.410 e. The average Bonchev–Trinajstić information content (AvgIpc) is 2.38. The molecule has 4 nitrogen and oxygen atoms in total. The molecule has 0 bridgehead atoms. The van der Waals surface area contributed by atoms with Crippen molar-refractivity contribution in [3.8, 4) is 0 Å². The summed E-state index contributed by atoms with van der Waals surface area (Å²) in [4.78, 5) is 13.4. The largest absolute Gasteiger partial charge is 0.445 e. The first kappa shape index (κ1) is 11.0. The number of benzene rings is 1. The lowest BCUT2D eigenvalue weighted by Crippen LogP contribution is -2.89. The van der Waals surface area contributed by atoms with E-state index in [0.717, 1.165) is 31.7 Å². The summed E-state index contributed by atoms with van der Waals surface area (Å²) in [6, 6.07) is 9.75. The SMILES string of the molecule is O=C(OCc1ccccc1)N1CC[NH2+]CC1. The van der Waals surface area contributed by atoms with Gasteiger partial charge in [0, 0.05) is 0 Å². The molecule has 1 fully saturated rings. The van der Waals surface area contributed by atoms with Crippen LogP contribution in [0.25, 0.3) is 0 Å². The van der Waals surface area contributed by atoms with Gasteiger partial charge >= 0.3 is 6.09 Å². The van der Waals surface area contributed by atoms with Crippen LogP contribution in [0.15, 0.2) is 30.3 Å². The third-order valence-corrected chi connectivity index (χ3v) is 2.67. The number of nitrogens with zero attached hydrogens (tertiary/aromatic N) is 1. The van der Waals surface area contributed by atoms with Gasteiger partial charge in [0.2, 0.25) is 0 Å². The minimum atomic E-state index is -0.197. The number of nitrogens with two attached hydrogens (primary N) is 1. The molecule has 1 aromatic carbocycles. The summed E-state index contributed by atoms with van der Waals surface area (Å²) >= 11 is 0. The highest BCUT2D eigenvalue weighted by Crippen LogP contribution is 2.03. The number of hydrogen-bond donors (Lipinski definition) is 1. The zero-order chi connectivity index (χ0) is 11.2. The lowest BCUT2D eigenvalue weighted by Gasteiger charge is -2.24. The Morgan fingerprint density at radius 1 is 1.25 bits per heavy atom. The van der Waals surface area contributed by atoms with Gasteiger partial charge in [-0.15, -0.1) is 0 Å². The van der Waals surface area contributed by atoms with Crippen molar-refractivity contribution in [2.24, 2.45) is 0 Å². The average molecular weight is 221 g/mol. The molecule has 4 heteroatoms. The molecule has 0 saturated carbocycles. The Morgan fingerprint density at radius 2 is 1.94 bits per heavy atom. The number of rotatable bonds is 2. The first-order valence-electron chi connectivity index (χ1n) is 5.63. The fourth-order valence-electron chi connectivity index (χ4n) is 1.74. The molecular formula is C12H17N2O2+. The second kappa shape index (κ2) is 5.51. The van der Waals surface area contributed by atoms with E-state index in [2.05, 4.69) is 5.32 Å². The van der Waals surface area contributed by atoms with Crippen molar-refractivity contribution in [1.29, 1.82) is 0 Å². The fraction of sp³-hybridized carbons (Fsp3) is 0.417. The van der Waals surface area contributed by atoms with Crippen molar-refractivity contribution in [1.82, 2.24) is 4.90 Å². The summed E-state index contributed by atoms with van der Waals surface area (Å²) < 4.78 is 5.24. The summed E-state index contributed by atoms with van der Waals surface area (Å²) in [5, 5.41) is 2.21.